The normalized spacial score (nSPS) is 10.8. The fourth-order valence-corrected chi connectivity index (χ4v) is 3.66. The number of hydrogen-bond donors (Lipinski definition) is 3. The molecular formula is C28H28Cl2N4O5. The average molecular weight is 571 g/mol. The van der Waals surface area contributed by atoms with Crippen molar-refractivity contribution >= 4 is 52.8 Å². The van der Waals surface area contributed by atoms with Crippen LogP contribution in [-0.4, -0.2) is 37.7 Å². The van der Waals surface area contributed by atoms with E-state index in [1.165, 1.54) is 18.9 Å². The molecule has 0 fully saturated rings. The van der Waals surface area contributed by atoms with Gasteiger partial charge in [0.15, 0.2) is 18.1 Å². The number of amides is 3. The van der Waals surface area contributed by atoms with Gasteiger partial charge in [-0.1, -0.05) is 67.4 Å². The molecule has 0 radical (unpaired) electrons. The fourth-order valence-electron chi connectivity index (χ4n) is 3.31. The highest BCUT2D eigenvalue weighted by Crippen LogP contribution is 2.30. The zero-order chi connectivity index (χ0) is 28.4. The number of carbonyl (C=O) groups is 3. The second kappa shape index (κ2) is 14.2. The van der Waals surface area contributed by atoms with Crippen LogP contribution < -0.4 is 25.5 Å². The van der Waals surface area contributed by atoms with Gasteiger partial charge in [0.2, 0.25) is 0 Å². The predicted molar refractivity (Wildman–Crippen MR) is 152 cm³/mol. The molecule has 3 amide bonds. The van der Waals surface area contributed by atoms with Crippen LogP contribution in [0.1, 0.15) is 36.5 Å². The molecule has 204 valence electrons. The van der Waals surface area contributed by atoms with Gasteiger partial charge in [0.05, 0.1) is 29.1 Å². The van der Waals surface area contributed by atoms with Gasteiger partial charge in [-0.3, -0.25) is 14.4 Å². The Hall–Kier alpha value is -4.08. The van der Waals surface area contributed by atoms with E-state index in [9.17, 15) is 14.4 Å². The maximum Gasteiger partial charge on any atom is 0.329 e. The maximum absolute atomic E-state index is 12.3. The number of carbonyl (C=O) groups excluding carboxylic acids is 3. The summed E-state index contributed by atoms with van der Waals surface area (Å²) in [7, 11) is 1.44. The molecule has 3 rings (SSSR count). The lowest BCUT2D eigenvalue weighted by molar-refractivity contribution is -0.139. The van der Waals surface area contributed by atoms with Gasteiger partial charge in [-0.25, -0.2) is 5.43 Å². The highest BCUT2D eigenvalue weighted by atomic mass is 35.5. The molecule has 3 aromatic rings. The Balaban J connectivity index is 1.49. The molecule has 39 heavy (non-hydrogen) atoms. The topological polar surface area (TPSA) is 118 Å². The number of nitrogens with zero attached hydrogens (tertiary/aromatic N) is 1. The van der Waals surface area contributed by atoms with Crippen molar-refractivity contribution in [1.29, 1.82) is 0 Å². The highest BCUT2D eigenvalue weighted by molar-refractivity contribution is 6.44. The van der Waals surface area contributed by atoms with Crippen molar-refractivity contribution in [2.75, 3.05) is 19.0 Å². The Morgan fingerprint density at radius 1 is 0.974 bits per heavy atom. The van der Waals surface area contributed by atoms with Gasteiger partial charge in [-0.2, -0.15) is 5.10 Å². The van der Waals surface area contributed by atoms with Crippen LogP contribution in [0.25, 0.3) is 0 Å². The quantitative estimate of drug-likeness (QED) is 0.182. The van der Waals surface area contributed by atoms with E-state index in [2.05, 4.69) is 35.0 Å². The van der Waals surface area contributed by atoms with Gasteiger partial charge in [0.1, 0.15) is 0 Å². The molecule has 0 saturated heterocycles. The molecule has 11 heteroatoms. The standard InChI is InChI=1S/C28H28Cl2N4O5/c1-17(2)20-10-7-18(8-11-20)14-31-27(36)28(37)34-32-15-19-9-12-23(24(13-19)38-3)39-16-25(35)33-22-6-4-5-21(29)26(22)30/h4-13,15,17H,14,16H2,1-3H3,(H,31,36)(H,33,35)(H,34,37)/b32-15-. The molecule has 0 aliphatic heterocycles. The molecule has 0 heterocycles. The lowest BCUT2D eigenvalue weighted by atomic mass is 10.0. The van der Waals surface area contributed by atoms with Crippen LogP contribution in [-0.2, 0) is 20.9 Å². The Kier molecular flexibility index (Phi) is 10.7. The van der Waals surface area contributed by atoms with Crippen LogP contribution in [0.15, 0.2) is 65.8 Å². The molecule has 0 atom stereocenters. The molecule has 0 bridgehead atoms. The zero-order valence-corrected chi connectivity index (χ0v) is 23.1. The van der Waals surface area contributed by atoms with E-state index in [-0.39, 0.29) is 18.2 Å². The Morgan fingerprint density at radius 3 is 2.41 bits per heavy atom. The first-order chi connectivity index (χ1) is 18.7. The first-order valence-electron chi connectivity index (χ1n) is 11.9. The summed E-state index contributed by atoms with van der Waals surface area (Å²) < 4.78 is 10.9. The molecular weight excluding hydrogens is 543 g/mol. The maximum atomic E-state index is 12.3. The van der Waals surface area contributed by atoms with Gasteiger partial charge < -0.3 is 20.1 Å². The molecule has 0 spiro atoms. The van der Waals surface area contributed by atoms with E-state index in [1.54, 1.807) is 36.4 Å². The van der Waals surface area contributed by atoms with Crippen molar-refractivity contribution < 1.29 is 23.9 Å². The third-order valence-corrected chi connectivity index (χ3v) is 6.28. The molecule has 0 aliphatic rings. The summed E-state index contributed by atoms with van der Waals surface area (Å²) in [6.45, 7) is 4.11. The van der Waals surface area contributed by atoms with Crippen molar-refractivity contribution in [1.82, 2.24) is 10.7 Å². The number of ether oxygens (including phenoxy) is 2. The monoisotopic (exact) mass is 570 g/mol. The Labute approximate surface area is 236 Å². The first kappa shape index (κ1) is 29.5. The minimum absolute atomic E-state index is 0.219. The average Bonchev–Trinajstić information content (AvgIpc) is 2.93. The first-order valence-corrected chi connectivity index (χ1v) is 12.7. The van der Waals surface area contributed by atoms with Crippen LogP contribution in [0.4, 0.5) is 5.69 Å². The summed E-state index contributed by atoms with van der Waals surface area (Å²) >= 11 is 12.0. The van der Waals surface area contributed by atoms with Crippen molar-refractivity contribution in [3.63, 3.8) is 0 Å². The molecule has 0 saturated carbocycles. The number of rotatable bonds is 10. The predicted octanol–water partition coefficient (Wildman–Crippen LogP) is 4.91. The van der Waals surface area contributed by atoms with Gasteiger partial charge in [0, 0.05) is 6.54 Å². The van der Waals surface area contributed by atoms with Crippen molar-refractivity contribution in [2.45, 2.75) is 26.3 Å². The number of halogens is 2. The summed E-state index contributed by atoms with van der Waals surface area (Å²) in [5.41, 5.74) is 5.18. The molecule has 0 unspecified atom stereocenters. The minimum atomic E-state index is -0.900. The number of hydrazone groups is 1. The number of nitrogens with one attached hydrogen (secondary N) is 3. The summed E-state index contributed by atoms with van der Waals surface area (Å²) in [5.74, 6) is -1.10. The largest absolute Gasteiger partial charge is 0.493 e. The van der Waals surface area contributed by atoms with Crippen LogP contribution in [0, 0.1) is 0 Å². The molecule has 3 aromatic carbocycles. The van der Waals surface area contributed by atoms with E-state index >= 15 is 0 Å². The number of methoxy groups -OCH3 is 1. The summed E-state index contributed by atoms with van der Waals surface area (Å²) in [4.78, 5) is 36.4. The van der Waals surface area contributed by atoms with Gasteiger partial charge in [-0.15, -0.1) is 0 Å². The van der Waals surface area contributed by atoms with Crippen molar-refractivity contribution in [3.05, 3.63) is 87.4 Å². The van der Waals surface area contributed by atoms with Gasteiger partial charge in [0.25, 0.3) is 5.91 Å². The van der Waals surface area contributed by atoms with Crippen molar-refractivity contribution in [2.24, 2.45) is 5.10 Å². The Bertz CT molecular complexity index is 1360. The minimum Gasteiger partial charge on any atom is -0.493 e. The third-order valence-electron chi connectivity index (χ3n) is 5.46. The van der Waals surface area contributed by atoms with E-state index in [4.69, 9.17) is 32.7 Å². The van der Waals surface area contributed by atoms with Crippen LogP contribution in [0.5, 0.6) is 11.5 Å². The smallest absolute Gasteiger partial charge is 0.329 e. The summed E-state index contributed by atoms with van der Waals surface area (Å²) in [6, 6.07) is 17.5. The lowest BCUT2D eigenvalue weighted by Crippen LogP contribution is -2.37. The van der Waals surface area contributed by atoms with E-state index in [0.29, 0.717) is 33.7 Å². The van der Waals surface area contributed by atoms with Crippen LogP contribution in [0.2, 0.25) is 10.0 Å². The lowest BCUT2D eigenvalue weighted by Gasteiger charge is -2.12. The molecule has 0 aromatic heterocycles. The van der Waals surface area contributed by atoms with E-state index in [0.717, 1.165) is 5.56 Å². The van der Waals surface area contributed by atoms with Crippen molar-refractivity contribution in [3.8, 4) is 11.5 Å². The van der Waals surface area contributed by atoms with Crippen LogP contribution in [0.3, 0.4) is 0 Å². The van der Waals surface area contributed by atoms with Gasteiger partial charge in [-0.05, 0) is 52.9 Å². The molecule has 0 aliphatic carbocycles. The van der Waals surface area contributed by atoms with Gasteiger partial charge >= 0.3 is 11.8 Å². The Morgan fingerprint density at radius 2 is 1.72 bits per heavy atom. The second-order valence-electron chi connectivity index (χ2n) is 8.63. The third kappa shape index (κ3) is 8.73. The van der Waals surface area contributed by atoms with E-state index in [1.807, 2.05) is 24.3 Å². The van der Waals surface area contributed by atoms with Crippen LogP contribution >= 0.6 is 23.2 Å². The highest BCUT2D eigenvalue weighted by Gasteiger charge is 2.13. The van der Waals surface area contributed by atoms with E-state index < -0.39 is 17.7 Å². The SMILES string of the molecule is COc1cc(/C=N\NC(=O)C(=O)NCc2ccc(C(C)C)cc2)ccc1OCC(=O)Nc1cccc(Cl)c1Cl. The zero-order valence-electron chi connectivity index (χ0n) is 21.6. The summed E-state index contributed by atoms with van der Waals surface area (Å²) in [6.07, 6.45) is 1.34. The second-order valence-corrected chi connectivity index (χ2v) is 9.41. The summed E-state index contributed by atoms with van der Waals surface area (Å²) in [5, 5.41) is 9.56. The number of benzene rings is 3. The number of anilines is 1. The molecule has 3 N–H and O–H groups in total. The number of hydrogen-bond acceptors (Lipinski definition) is 6. The molecule has 9 nitrogen and oxygen atoms in total. The fraction of sp³-hybridized carbons (Fsp3) is 0.214.